The summed E-state index contributed by atoms with van der Waals surface area (Å²) in [5.41, 5.74) is 0.356. The fourth-order valence-electron chi connectivity index (χ4n) is 12.2. The van der Waals surface area contributed by atoms with Crippen LogP contribution in [0.3, 0.4) is 0 Å². The highest BCUT2D eigenvalue weighted by molar-refractivity contribution is 7.91. The Kier molecular flexibility index (Phi) is 15.6. The van der Waals surface area contributed by atoms with Crippen LogP contribution in [0.4, 0.5) is 28.9 Å². The molecule has 2 aromatic carbocycles. The highest BCUT2D eigenvalue weighted by Crippen LogP contribution is 2.40. The van der Waals surface area contributed by atoms with Crippen LogP contribution in [0.5, 0.6) is 0 Å². The van der Waals surface area contributed by atoms with Gasteiger partial charge in [0.25, 0.3) is 20.0 Å². The molecule has 70 heavy (non-hydrogen) atoms. The van der Waals surface area contributed by atoms with Crippen molar-refractivity contribution in [3.05, 3.63) is 94.7 Å². The summed E-state index contributed by atoms with van der Waals surface area (Å²) < 4.78 is 115. The van der Waals surface area contributed by atoms with Crippen LogP contribution in [-0.2, 0) is 31.4 Å². The molecule has 6 atom stereocenters. The molecule has 0 aliphatic carbocycles. The Hall–Kier alpha value is -3.10. The van der Waals surface area contributed by atoms with Crippen molar-refractivity contribution in [3.8, 4) is 0 Å². The minimum Gasteiger partial charge on any atom is -0.365 e. The highest BCUT2D eigenvalue weighted by atomic mass is 32.3. The van der Waals surface area contributed by atoms with Crippen LogP contribution < -0.4 is 9.80 Å². The molecule has 4 unspecified atom stereocenters. The third-order valence-corrected chi connectivity index (χ3v) is 22.3. The predicted molar refractivity (Wildman–Crippen MR) is 274 cm³/mol. The molecule has 0 spiro atoms. The zero-order valence-electron chi connectivity index (χ0n) is 40.9. The van der Waals surface area contributed by atoms with Gasteiger partial charge >= 0.3 is 0 Å². The Morgan fingerprint density at radius 1 is 0.529 bits per heavy atom. The largest absolute Gasteiger partial charge is 0.365 e. The molecule has 6 aliphatic heterocycles. The minimum atomic E-state index is -3.55. The average Bonchev–Trinajstić information content (AvgIpc) is 4.07. The second-order valence-electron chi connectivity index (χ2n) is 21.3. The third-order valence-electron chi connectivity index (χ3n) is 15.8. The first kappa shape index (κ1) is 51.8. The van der Waals surface area contributed by atoms with E-state index in [0.29, 0.717) is 97.6 Å². The minimum absolute atomic E-state index is 0.0676. The van der Waals surface area contributed by atoms with Crippen molar-refractivity contribution >= 4 is 54.1 Å². The summed E-state index contributed by atoms with van der Waals surface area (Å²) in [5, 5.41) is 3.58. The van der Waals surface area contributed by atoms with Crippen LogP contribution in [0.1, 0.15) is 103 Å². The van der Waals surface area contributed by atoms with E-state index in [0.717, 1.165) is 49.9 Å². The zero-order chi connectivity index (χ0) is 49.6. The Morgan fingerprint density at radius 3 is 1.17 bits per heavy atom. The maximum atomic E-state index is 14.4. The summed E-state index contributed by atoms with van der Waals surface area (Å²) in [6.45, 7) is 10.3. The van der Waals surface area contributed by atoms with Gasteiger partial charge in [-0.3, -0.25) is 9.80 Å². The van der Waals surface area contributed by atoms with Gasteiger partial charge in [-0.25, -0.2) is 34.4 Å². The summed E-state index contributed by atoms with van der Waals surface area (Å²) in [4.78, 5) is 9.45. The molecule has 10 rings (SSSR count). The van der Waals surface area contributed by atoms with Crippen LogP contribution >= 0.6 is 22.7 Å². The van der Waals surface area contributed by atoms with E-state index < -0.39 is 43.7 Å². The molecule has 6 fully saturated rings. The van der Waals surface area contributed by atoms with Crippen molar-refractivity contribution in [1.29, 1.82) is 0 Å². The fourth-order valence-corrected chi connectivity index (χ4v) is 17.4. The zero-order valence-corrected chi connectivity index (χ0v) is 44.2. The summed E-state index contributed by atoms with van der Waals surface area (Å²) in [6.07, 6.45) is 7.07. The normalized spacial score (nSPS) is 28.9. The Bertz CT molecular complexity index is 2350. The van der Waals surface area contributed by atoms with E-state index >= 15 is 0 Å². The lowest BCUT2D eigenvalue weighted by Crippen LogP contribution is -2.62. The number of benzene rings is 2. The van der Waals surface area contributed by atoms with Gasteiger partial charge in [0, 0.05) is 87.9 Å². The molecule has 384 valence electrons. The summed E-state index contributed by atoms with van der Waals surface area (Å²) in [6, 6.07) is 22.7. The molecule has 0 radical (unpaired) electrons. The Labute approximate surface area is 421 Å². The molecule has 6 saturated heterocycles. The van der Waals surface area contributed by atoms with Gasteiger partial charge in [0.15, 0.2) is 0 Å². The smallest absolute Gasteiger partial charge is 0.252 e. The number of rotatable bonds is 12. The Morgan fingerprint density at radius 2 is 0.871 bits per heavy atom. The molecule has 18 heteroatoms. The number of halogens is 4. The number of hydrogen-bond donors (Lipinski definition) is 0. The topological polar surface area (TPSA) is 87.7 Å². The number of piperidine rings is 4. The SMILES string of the molecule is CC(C)(F)c1ccc(N2CCN(S(=O)(=O)c3cccs3)C[C@@H]2CN2C3CCCC2CC(F)C3)cc1.CC(C)(F)c1ccc(N2CCN(S(=O)(=O)c3cccs3)C[C@@H]2CN2C3CCCC2CC(F)C3)cc1. The molecule has 2 aromatic heterocycles. The first-order valence-electron chi connectivity index (χ1n) is 25.2. The van der Waals surface area contributed by atoms with Gasteiger partial charge in [-0.1, -0.05) is 49.2 Å². The first-order chi connectivity index (χ1) is 33.3. The van der Waals surface area contributed by atoms with Crippen molar-refractivity contribution in [3.63, 3.8) is 0 Å². The molecule has 4 aromatic rings. The number of anilines is 2. The van der Waals surface area contributed by atoms with Crippen molar-refractivity contribution in [2.75, 3.05) is 62.2 Å². The number of alkyl halides is 4. The number of thiophene rings is 2. The second kappa shape index (κ2) is 21.0. The number of fused-ring (bicyclic) bond motifs is 4. The lowest BCUT2D eigenvalue weighted by Gasteiger charge is -2.51. The van der Waals surface area contributed by atoms with E-state index in [1.54, 1.807) is 71.3 Å². The van der Waals surface area contributed by atoms with Crippen LogP contribution in [0.25, 0.3) is 0 Å². The number of hydrogen-bond acceptors (Lipinski definition) is 10. The number of sulfonamides is 2. The molecular weight excluding hydrogens is 977 g/mol. The van der Waals surface area contributed by atoms with E-state index in [9.17, 15) is 34.4 Å². The lowest BCUT2D eigenvalue weighted by molar-refractivity contribution is -0.00361. The van der Waals surface area contributed by atoms with Gasteiger partial charge in [-0.15, -0.1) is 22.7 Å². The van der Waals surface area contributed by atoms with Gasteiger partial charge in [-0.05, 0) is 137 Å². The standard InChI is InChI=1S/2C26H35F2N3O2S2/c2*1-26(2,28)19-8-10-21(11-9-19)30-13-12-29(35(32,33)25-7-4-14-34-25)17-24(30)18-31-22-5-3-6-23(31)16-20(27)15-22/h2*4,7-11,14,20,22-24H,3,5-6,12-13,15-18H2,1-2H3/t2*20?,22?,23?,24-/m11/s1. The summed E-state index contributed by atoms with van der Waals surface area (Å²) >= 11 is 2.49. The second-order valence-corrected chi connectivity index (χ2v) is 27.6. The number of nitrogens with zero attached hydrogens (tertiary/aromatic N) is 6. The van der Waals surface area contributed by atoms with E-state index in [2.05, 4.69) is 19.6 Å². The maximum absolute atomic E-state index is 14.4. The fraction of sp³-hybridized carbons (Fsp3) is 0.615. The third kappa shape index (κ3) is 11.3. The Balaban J connectivity index is 0.000000174. The molecule has 0 amide bonds. The molecule has 4 bridgehead atoms. The van der Waals surface area contributed by atoms with Gasteiger partial charge in [0.1, 0.15) is 32.1 Å². The van der Waals surface area contributed by atoms with Crippen molar-refractivity contribution < 1.29 is 34.4 Å². The number of piperazine rings is 2. The molecule has 8 heterocycles. The average molecular weight is 1050 g/mol. The van der Waals surface area contributed by atoms with E-state index in [-0.39, 0.29) is 36.3 Å². The van der Waals surface area contributed by atoms with Crippen molar-refractivity contribution in [2.45, 2.75) is 160 Å². The predicted octanol–water partition coefficient (Wildman–Crippen LogP) is 10.4. The quantitative estimate of drug-likeness (QED) is 0.130. The van der Waals surface area contributed by atoms with Crippen LogP contribution in [0.2, 0.25) is 0 Å². The summed E-state index contributed by atoms with van der Waals surface area (Å²) in [7, 11) is -7.11. The summed E-state index contributed by atoms with van der Waals surface area (Å²) in [5.74, 6) is 0. The first-order valence-corrected chi connectivity index (χ1v) is 29.9. The molecule has 10 nitrogen and oxygen atoms in total. The molecule has 0 saturated carbocycles. The van der Waals surface area contributed by atoms with Crippen LogP contribution in [0.15, 0.2) is 92.0 Å². The molecule has 0 N–H and O–H groups in total. The molecule has 6 aliphatic rings. The van der Waals surface area contributed by atoms with Crippen molar-refractivity contribution in [2.24, 2.45) is 0 Å². The van der Waals surface area contributed by atoms with Crippen molar-refractivity contribution in [1.82, 2.24) is 18.4 Å². The van der Waals surface area contributed by atoms with Crippen LogP contribution in [0, 0.1) is 0 Å². The van der Waals surface area contributed by atoms with Gasteiger partial charge < -0.3 is 9.80 Å². The maximum Gasteiger partial charge on any atom is 0.252 e. The molecular formula is C52H70F4N6O4S4. The van der Waals surface area contributed by atoms with Gasteiger partial charge in [-0.2, -0.15) is 8.61 Å². The van der Waals surface area contributed by atoms with Gasteiger partial charge in [0.2, 0.25) is 0 Å². The lowest BCUT2D eigenvalue weighted by atomic mass is 9.83. The van der Waals surface area contributed by atoms with Crippen LogP contribution in [-0.4, -0.2) is 136 Å². The van der Waals surface area contributed by atoms with E-state index in [1.165, 1.54) is 22.7 Å². The monoisotopic (exact) mass is 1050 g/mol. The van der Waals surface area contributed by atoms with Gasteiger partial charge in [0.05, 0.1) is 12.1 Å². The van der Waals surface area contributed by atoms with E-state index in [4.69, 9.17) is 0 Å². The highest BCUT2D eigenvalue weighted by Gasteiger charge is 2.44. The van der Waals surface area contributed by atoms with E-state index in [1.807, 2.05) is 48.5 Å².